The van der Waals surface area contributed by atoms with Crippen molar-refractivity contribution in [3.8, 4) is 5.75 Å². The lowest BCUT2D eigenvalue weighted by Crippen LogP contribution is -2.45. The Morgan fingerprint density at radius 1 is 1.50 bits per heavy atom. The number of amides is 1. The zero-order valence-corrected chi connectivity index (χ0v) is 12.0. The summed E-state index contributed by atoms with van der Waals surface area (Å²) in [6.45, 7) is 6.68. The van der Waals surface area contributed by atoms with E-state index in [4.69, 9.17) is 9.47 Å². The highest BCUT2D eigenvalue weighted by Crippen LogP contribution is 2.24. The third-order valence-corrected chi connectivity index (χ3v) is 2.94. The molecule has 1 aliphatic rings. The van der Waals surface area contributed by atoms with Crippen molar-refractivity contribution < 1.29 is 14.3 Å². The van der Waals surface area contributed by atoms with Crippen molar-refractivity contribution in [3.63, 3.8) is 0 Å². The molecule has 0 saturated carbocycles. The molecule has 0 aliphatic carbocycles. The second-order valence-electron chi connectivity index (χ2n) is 5.25. The number of hydrogen-bond donors (Lipinski definition) is 2. The predicted molar refractivity (Wildman–Crippen MR) is 78.0 cm³/mol. The zero-order chi connectivity index (χ0) is 14.4. The normalized spacial score (nSPS) is 18.9. The summed E-state index contributed by atoms with van der Waals surface area (Å²) in [6, 6.07) is 7.46. The van der Waals surface area contributed by atoms with Crippen molar-refractivity contribution in [2.45, 2.75) is 20.0 Å². The Labute approximate surface area is 119 Å². The SMILES string of the molecule is CC(C)COc1ccccc1NC(=O)C1CNCCO1. The van der Waals surface area contributed by atoms with Crippen molar-refractivity contribution in [2.75, 3.05) is 31.6 Å². The van der Waals surface area contributed by atoms with Gasteiger partial charge in [-0.2, -0.15) is 0 Å². The van der Waals surface area contributed by atoms with Crippen LogP contribution in [0.4, 0.5) is 5.69 Å². The third-order valence-electron chi connectivity index (χ3n) is 2.94. The van der Waals surface area contributed by atoms with Crippen molar-refractivity contribution in [1.82, 2.24) is 5.32 Å². The van der Waals surface area contributed by atoms with Gasteiger partial charge in [0, 0.05) is 13.1 Å². The highest BCUT2D eigenvalue weighted by Gasteiger charge is 2.22. The molecule has 1 aromatic rings. The average Bonchev–Trinajstić information content (AvgIpc) is 2.47. The molecule has 110 valence electrons. The lowest BCUT2D eigenvalue weighted by atomic mass is 10.2. The van der Waals surface area contributed by atoms with Crippen LogP contribution < -0.4 is 15.4 Å². The van der Waals surface area contributed by atoms with Crippen molar-refractivity contribution in [2.24, 2.45) is 5.92 Å². The second kappa shape index (κ2) is 7.26. The third kappa shape index (κ3) is 4.21. The summed E-state index contributed by atoms with van der Waals surface area (Å²) in [5, 5.41) is 6.01. The van der Waals surface area contributed by atoms with Gasteiger partial charge in [-0.25, -0.2) is 0 Å². The first kappa shape index (κ1) is 14.8. The highest BCUT2D eigenvalue weighted by molar-refractivity contribution is 5.95. The Morgan fingerprint density at radius 2 is 2.30 bits per heavy atom. The van der Waals surface area contributed by atoms with Gasteiger partial charge in [0.2, 0.25) is 0 Å². The van der Waals surface area contributed by atoms with Gasteiger partial charge in [0.25, 0.3) is 5.91 Å². The molecule has 20 heavy (non-hydrogen) atoms. The number of hydrogen-bond acceptors (Lipinski definition) is 4. The smallest absolute Gasteiger partial charge is 0.254 e. The molecule has 0 spiro atoms. The van der Waals surface area contributed by atoms with Gasteiger partial charge in [-0.15, -0.1) is 0 Å². The second-order valence-corrected chi connectivity index (χ2v) is 5.25. The molecule has 1 aromatic carbocycles. The van der Waals surface area contributed by atoms with Gasteiger partial charge in [-0.05, 0) is 18.1 Å². The molecule has 1 atom stereocenters. The van der Waals surface area contributed by atoms with Crippen LogP contribution in [-0.4, -0.2) is 38.3 Å². The number of ether oxygens (including phenoxy) is 2. The highest BCUT2D eigenvalue weighted by atomic mass is 16.5. The monoisotopic (exact) mass is 278 g/mol. The number of para-hydroxylation sites is 2. The first-order chi connectivity index (χ1) is 9.66. The molecule has 1 amide bonds. The Kier molecular flexibility index (Phi) is 5.38. The first-order valence-electron chi connectivity index (χ1n) is 7.02. The predicted octanol–water partition coefficient (Wildman–Crippen LogP) is 1.65. The van der Waals surface area contributed by atoms with E-state index in [9.17, 15) is 4.79 Å². The van der Waals surface area contributed by atoms with Crippen molar-refractivity contribution in [1.29, 1.82) is 0 Å². The van der Waals surface area contributed by atoms with Crippen LogP contribution in [0.5, 0.6) is 5.75 Å². The van der Waals surface area contributed by atoms with Gasteiger partial charge in [0.15, 0.2) is 0 Å². The number of anilines is 1. The molecule has 5 heteroatoms. The van der Waals surface area contributed by atoms with Crippen molar-refractivity contribution >= 4 is 11.6 Å². The van der Waals surface area contributed by atoms with Crippen LogP contribution in [0.15, 0.2) is 24.3 Å². The van der Waals surface area contributed by atoms with E-state index in [0.29, 0.717) is 37.1 Å². The van der Waals surface area contributed by atoms with Gasteiger partial charge < -0.3 is 20.1 Å². The molecule has 1 aliphatic heterocycles. The molecule has 1 heterocycles. The Morgan fingerprint density at radius 3 is 3.00 bits per heavy atom. The summed E-state index contributed by atoms with van der Waals surface area (Å²) in [6.07, 6.45) is -0.443. The topological polar surface area (TPSA) is 59.6 Å². The lowest BCUT2D eigenvalue weighted by molar-refractivity contribution is -0.128. The maximum absolute atomic E-state index is 12.1. The first-order valence-corrected chi connectivity index (χ1v) is 7.02. The van der Waals surface area contributed by atoms with E-state index in [1.54, 1.807) is 0 Å². The van der Waals surface area contributed by atoms with E-state index >= 15 is 0 Å². The number of carbonyl (C=O) groups is 1. The van der Waals surface area contributed by atoms with Crippen LogP contribution in [0.25, 0.3) is 0 Å². The number of morpholine rings is 1. The molecular formula is C15H22N2O3. The van der Waals surface area contributed by atoms with E-state index in [1.807, 2.05) is 24.3 Å². The lowest BCUT2D eigenvalue weighted by Gasteiger charge is -2.23. The van der Waals surface area contributed by atoms with E-state index in [2.05, 4.69) is 24.5 Å². The molecule has 1 saturated heterocycles. The Hall–Kier alpha value is -1.59. The summed E-state index contributed by atoms with van der Waals surface area (Å²) in [4.78, 5) is 12.1. The minimum atomic E-state index is -0.443. The summed E-state index contributed by atoms with van der Waals surface area (Å²) < 4.78 is 11.2. The van der Waals surface area contributed by atoms with Gasteiger partial charge in [0.05, 0.1) is 18.9 Å². The quantitative estimate of drug-likeness (QED) is 0.860. The van der Waals surface area contributed by atoms with E-state index in [-0.39, 0.29) is 5.91 Å². The molecule has 0 radical (unpaired) electrons. The van der Waals surface area contributed by atoms with Crippen LogP contribution in [0.2, 0.25) is 0 Å². The van der Waals surface area contributed by atoms with E-state index in [1.165, 1.54) is 0 Å². The van der Waals surface area contributed by atoms with E-state index < -0.39 is 6.10 Å². The standard InChI is InChI=1S/C15H22N2O3/c1-11(2)10-20-13-6-4-3-5-12(13)17-15(18)14-9-16-7-8-19-14/h3-6,11,14,16H,7-10H2,1-2H3,(H,17,18). The number of benzene rings is 1. The number of rotatable bonds is 5. The number of nitrogens with one attached hydrogen (secondary N) is 2. The van der Waals surface area contributed by atoms with E-state index in [0.717, 1.165) is 6.54 Å². The molecule has 1 fully saturated rings. The zero-order valence-electron chi connectivity index (χ0n) is 12.0. The molecule has 0 bridgehead atoms. The van der Waals surface area contributed by atoms with Crippen LogP contribution in [-0.2, 0) is 9.53 Å². The molecule has 1 unspecified atom stereocenters. The van der Waals surface area contributed by atoms with Gasteiger partial charge in [-0.3, -0.25) is 4.79 Å². The molecule has 2 N–H and O–H groups in total. The molecular weight excluding hydrogens is 256 g/mol. The molecule has 5 nitrogen and oxygen atoms in total. The van der Waals surface area contributed by atoms with Gasteiger partial charge in [0.1, 0.15) is 11.9 Å². The fourth-order valence-electron chi connectivity index (χ4n) is 1.90. The largest absolute Gasteiger partial charge is 0.491 e. The van der Waals surface area contributed by atoms with Crippen LogP contribution >= 0.6 is 0 Å². The Bertz CT molecular complexity index is 442. The summed E-state index contributed by atoms with van der Waals surface area (Å²) in [7, 11) is 0. The minimum absolute atomic E-state index is 0.141. The molecule has 0 aromatic heterocycles. The maximum atomic E-state index is 12.1. The summed E-state index contributed by atoms with van der Waals surface area (Å²) in [5.41, 5.74) is 0.687. The summed E-state index contributed by atoms with van der Waals surface area (Å²) in [5.74, 6) is 0.987. The summed E-state index contributed by atoms with van der Waals surface area (Å²) >= 11 is 0. The maximum Gasteiger partial charge on any atom is 0.254 e. The van der Waals surface area contributed by atoms with Crippen LogP contribution in [0.1, 0.15) is 13.8 Å². The van der Waals surface area contributed by atoms with Crippen molar-refractivity contribution in [3.05, 3.63) is 24.3 Å². The fourth-order valence-corrected chi connectivity index (χ4v) is 1.90. The average molecular weight is 278 g/mol. The fraction of sp³-hybridized carbons (Fsp3) is 0.533. The molecule has 2 rings (SSSR count). The van der Waals surface area contributed by atoms with Gasteiger partial charge >= 0.3 is 0 Å². The number of carbonyl (C=O) groups excluding carboxylic acids is 1. The van der Waals surface area contributed by atoms with Gasteiger partial charge in [-0.1, -0.05) is 26.0 Å². The Balaban J connectivity index is 1.98. The van der Waals surface area contributed by atoms with Crippen LogP contribution in [0.3, 0.4) is 0 Å². The van der Waals surface area contributed by atoms with Crippen LogP contribution in [0, 0.1) is 5.92 Å². The minimum Gasteiger partial charge on any atom is -0.491 e.